The lowest BCUT2D eigenvalue weighted by Crippen LogP contribution is -2.23. The molecule has 1 aromatic carbocycles. The Morgan fingerprint density at radius 2 is 2.06 bits per heavy atom. The first-order valence-corrected chi connectivity index (χ1v) is 5.45. The molecule has 0 bridgehead atoms. The summed E-state index contributed by atoms with van der Waals surface area (Å²) in [6.45, 7) is 1.77. The van der Waals surface area contributed by atoms with Gasteiger partial charge in [-0.2, -0.15) is 0 Å². The largest absolute Gasteiger partial charge is 0.420 e. The summed E-state index contributed by atoms with van der Waals surface area (Å²) in [4.78, 5) is 8.83. The van der Waals surface area contributed by atoms with E-state index >= 15 is 0 Å². The van der Waals surface area contributed by atoms with Crippen LogP contribution in [0.15, 0.2) is 23.3 Å². The smallest absolute Gasteiger partial charge is 0.266 e. The minimum atomic E-state index is 0.453. The maximum absolute atomic E-state index is 5.92. The van der Waals surface area contributed by atoms with Gasteiger partial charge in [0.25, 0.3) is 5.88 Å². The van der Waals surface area contributed by atoms with Gasteiger partial charge in [0, 0.05) is 19.0 Å². The summed E-state index contributed by atoms with van der Waals surface area (Å²) in [5, 5.41) is 6.42. The van der Waals surface area contributed by atoms with E-state index in [1.54, 1.807) is 31.1 Å². The molecule has 5 nitrogen and oxygen atoms in total. The van der Waals surface area contributed by atoms with Crippen LogP contribution in [0.4, 0.5) is 5.82 Å². The Hall–Kier alpha value is -1.88. The van der Waals surface area contributed by atoms with Gasteiger partial charge in [0.1, 0.15) is 0 Å². The number of fused-ring (bicyclic) bond motifs is 2. The molecule has 0 radical (unpaired) electrons. The van der Waals surface area contributed by atoms with Crippen molar-refractivity contribution in [3.05, 3.63) is 23.2 Å². The van der Waals surface area contributed by atoms with E-state index in [0.29, 0.717) is 28.1 Å². The number of aromatic nitrogens is 2. The molecule has 2 heterocycles. The first kappa shape index (κ1) is 10.3. The Morgan fingerprint density at radius 1 is 1.24 bits per heavy atom. The minimum absolute atomic E-state index is 0.453. The van der Waals surface area contributed by atoms with E-state index in [0.717, 1.165) is 5.52 Å². The van der Waals surface area contributed by atoms with Crippen molar-refractivity contribution in [2.24, 2.45) is 5.10 Å². The van der Waals surface area contributed by atoms with Crippen molar-refractivity contribution in [2.75, 3.05) is 12.1 Å². The molecule has 1 aliphatic heterocycles. The summed E-state index contributed by atoms with van der Waals surface area (Å²) >= 11 is 5.92. The Morgan fingerprint density at radius 3 is 2.88 bits per heavy atom. The Balaban J connectivity index is 2.25. The van der Waals surface area contributed by atoms with Gasteiger partial charge in [-0.25, -0.2) is 15.0 Å². The highest BCUT2D eigenvalue weighted by Gasteiger charge is 2.19. The maximum atomic E-state index is 5.92. The summed E-state index contributed by atoms with van der Waals surface area (Å²) in [7, 11) is 1.81. The number of anilines is 1. The second-order valence-electron chi connectivity index (χ2n) is 3.73. The van der Waals surface area contributed by atoms with Gasteiger partial charge in [-0.3, -0.25) is 0 Å². The topological polar surface area (TPSA) is 50.6 Å². The third-order valence-corrected chi connectivity index (χ3v) is 2.65. The highest BCUT2D eigenvalue weighted by Crippen LogP contribution is 2.30. The van der Waals surface area contributed by atoms with Gasteiger partial charge in [-0.05, 0) is 18.2 Å². The summed E-state index contributed by atoms with van der Waals surface area (Å²) in [6, 6.07) is 5.36. The second-order valence-corrected chi connectivity index (χ2v) is 4.17. The van der Waals surface area contributed by atoms with Gasteiger partial charge >= 0.3 is 0 Å². The van der Waals surface area contributed by atoms with Crippen LogP contribution in [-0.4, -0.2) is 22.9 Å². The lowest BCUT2D eigenvalue weighted by atomic mass is 10.3. The van der Waals surface area contributed by atoms with E-state index in [2.05, 4.69) is 15.1 Å². The third kappa shape index (κ3) is 1.68. The van der Waals surface area contributed by atoms with E-state index in [1.165, 1.54) is 0 Å². The molecular formula is C11H9ClN4O. The van der Waals surface area contributed by atoms with E-state index in [-0.39, 0.29) is 0 Å². The predicted octanol–water partition coefficient (Wildman–Crippen LogP) is 2.45. The fourth-order valence-corrected chi connectivity index (χ4v) is 1.87. The third-order valence-electron chi connectivity index (χ3n) is 2.42. The van der Waals surface area contributed by atoms with Gasteiger partial charge in [-0.15, -0.1) is 5.10 Å². The zero-order valence-corrected chi connectivity index (χ0v) is 10.1. The molecule has 0 aliphatic carbocycles. The number of halogens is 1. The zero-order valence-electron chi connectivity index (χ0n) is 9.31. The molecule has 6 heteroatoms. The van der Waals surface area contributed by atoms with Gasteiger partial charge in [-0.1, -0.05) is 11.6 Å². The summed E-state index contributed by atoms with van der Waals surface area (Å²) in [6.07, 6.45) is 0. The van der Waals surface area contributed by atoms with Crippen molar-refractivity contribution >= 4 is 34.3 Å². The molecule has 0 fully saturated rings. The van der Waals surface area contributed by atoms with Crippen molar-refractivity contribution in [1.29, 1.82) is 0 Å². The molecule has 2 aromatic rings. The van der Waals surface area contributed by atoms with Gasteiger partial charge < -0.3 is 4.74 Å². The number of nitrogens with zero attached hydrogens (tertiary/aromatic N) is 4. The minimum Gasteiger partial charge on any atom is -0.420 e. The van der Waals surface area contributed by atoms with E-state index in [9.17, 15) is 0 Å². The molecule has 3 rings (SSSR count). The standard InChI is InChI=1S/C11H9ClN4O/c1-6-15-16(2)10-11(17-6)14-9-5-7(12)3-4-8(9)13-10/h3-5H,1-2H3. The fourth-order valence-electron chi connectivity index (χ4n) is 1.70. The van der Waals surface area contributed by atoms with Crippen LogP contribution in [0.5, 0.6) is 5.88 Å². The Kier molecular flexibility index (Phi) is 2.16. The zero-order chi connectivity index (χ0) is 12.0. The van der Waals surface area contributed by atoms with E-state index in [1.807, 2.05) is 6.07 Å². The molecule has 0 atom stereocenters. The van der Waals surface area contributed by atoms with Crippen LogP contribution in [0.25, 0.3) is 11.0 Å². The quantitative estimate of drug-likeness (QED) is 0.719. The molecule has 1 aromatic heterocycles. The summed E-state index contributed by atoms with van der Waals surface area (Å²) < 4.78 is 5.44. The van der Waals surface area contributed by atoms with Gasteiger partial charge in [0.05, 0.1) is 11.0 Å². The second kappa shape index (κ2) is 3.56. The SMILES string of the molecule is CC1=NN(C)c2nc3ccc(Cl)cc3nc2O1. The molecule has 17 heavy (non-hydrogen) atoms. The van der Waals surface area contributed by atoms with Crippen LogP contribution in [0.3, 0.4) is 0 Å². The lowest BCUT2D eigenvalue weighted by molar-refractivity contribution is 0.504. The van der Waals surface area contributed by atoms with Crippen molar-refractivity contribution < 1.29 is 4.74 Å². The van der Waals surface area contributed by atoms with Crippen LogP contribution in [0, 0.1) is 0 Å². The first-order valence-electron chi connectivity index (χ1n) is 5.07. The predicted molar refractivity (Wildman–Crippen MR) is 66.7 cm³/mol. The molecule has 86 valence electrons. The Bertz CT molecular complexity index is 641. The summed E-state index contributed by atoms with van der Waals surface area (Å²) in [5.41, 5.74) is 1.47. The number of hydrogen-bond acceptors (Lipinski definition) is 5. The number of hydrogen-bond donors (Lipinski definition) is 0. The maximum Gasteiger partial charge on any atom is 0.266 e. The Labute approximate surface area is 103 Å². The van der Waals surface area contributed by atoms with Gasteiger partial charge in [0.15, 0.2) is 0 Å². The molecule has 0 unspecified atom stereocenters. The molecule has 0 saturated heterocycles. The van der Waals surface area contributed by atoms with E-state index in [4.69, 9.17) is 16.3 Å². The average Bonchev–Trinajstić information content (AvgIpc) is 2.26. The highest BCUT2D eigenvalue weighted by atomic mass is 35.5. The number of benzene rings is 1. The van der Waals surface area contributed by atoms with Crippen LogP contribution in [-0.2, 0) is 0 Å². The number of rotatable bonds is 0. The van der Waals surface area contributed by atoms with Crippen LogP contribution in [0.1, 0.15) is 6.92 Å². The first-order chi connectivity index (χ1) is 8.13. The van der Waals surface area contributed by atoms with Crippen LogP contribution in [0.2, 0.25) is 5.02 Å². The molecule has 0 saturated carbocycles. The van der Waals surface area contributed by atoms with Crippen molar-refractivity contribution in [1.82, 2.24) is 9.97 Å². The molecule has 0 N–H and O–H groups in total. The van der Waals surface area contributed by atoms with Gasteiger partial charge in [0.2, 0.25) is 11.7 Å². The highest BCUT2D eigenvalue weighted by molar-refractivity contribution is 6.31. The lowest BCUT2D eigenvalue weighted by Gasteiger charge is -2.21. The van der Waals surface area contributed by atoms with Crippen molar-refractivity contribution in [3.63, 3.8) is 0 Å². The fraction of sp³-hybridized carbons (Fsp3) is 0.182. The van der Waals surface area contributed by atoms with Crippen LogP contribution >= 0.6 is 11.6 Å². The number of ether oxygens (including phenoxy) is 1. The van der Waals surface area contributed by atoms with Crippen molar-refractivity contribution in [3.8, 4) is 5.88 Å². The monoisotopic (exact) mass is 248 g/mol. The normalized spacial score (nSPS) is 14.3. The molecule has 0 spiro atoms. The summed E-state index contributed by atoms with van der Waals surface area (Å²) in [5.74, 6) is 1.59. The van der Waals surface area contributed by atoms with Crippen LogP contribution < -0.4 is 9.75 Å². The van der Waals surface area contributed by atoms with E-state index < -0.39 is 0 Å². The molecule has 1 aliphatic rings. The molecule has 0 amide bonds. The number of hydrazone groups is 1. The molecular weight excluding hydrogens is 240 g/mol. The van der Waals surface area contributed by atoms with Crippen molar-refractivity contribution in [2.45, 2.75) is 6.92 Å². The average molecular weight is 249 g/mol.